The lowest BCUT2D eigenvalue weighted by Gasteiger charge is -2.30. The first-order valence-corrected chi connectivity index (χ1v) is 10.0. The summed E-state index contributed by atoms with van der Waals surface area (Å²) in [7, 11) is 0. The number of para-hydroxylation sites is 1. The van der Waals surface area contributed by atoms with Crippen LogP contribution in [-0.4, -0.2) is 34.8 Å². The van der Waals surface area contributed by atoms with Crippen LogP contribution in [0.1, 0.15) is 71.6 Å². The molecule has 28 heavy (non-hydrogen) atoms. The number of carbonyl (C=O) groups is 2. The number of hydrogen-bond acceptors (Lipinski definition) is 3. The van der Waals surface area contributed by atoms with Crippen molar-refractivity contribution in [3.63, 3.8) is 0 Å². The van der Waals surface area contributed by atoms with Crippen molar-refractivity contribution in [1.29, 1.82) is 0 Å². The van der Waals surface area contributed by atoms with Gasteiger partial charge in [0.05, 0.1) is 0 Å². The first-order valence-electron chi connectivity index (χ1n) is 10.0. The van der Waals surface area contributed by atoms with E-state index in [0.29, 0.717) is 11.6 Å². The average Bonchev–Trinajstić information content (AvgIpc) is 2.68. The van der Waals surface area contributed by atoms with Gasteiger partial charge in [0.1, 0.15) is 11.4 Å². The van der Waals surface area contributed by atoms with Crippen LogP contribution >= 0.6 is 0 Å². The molecule has 5 nitrogen and oxygen atoms in total. The standard InChI is InChI=1S/C23H29N3O2/c1-15(2)18-10-5-9-17(4)21(18)25-22(27)19-11-6-12-20(24-19)23(28)26-13-7-8-16(3)14-26/h5-6,9-12,15-16H,7-8,13-14H2,1-4H3,(H,25,27). The molecule has 1 N–H and O–H groups in total. The summed E-state index contributed by atoms with van der Waals surface area (Å²) in [5.74, 6) is 0.398. The number of aromatic nitrogens is 1. The molecule has 0 aliphatic carbocycles. The minimum atomic E-state index is -0.294. The summed E-state index contributed by atoms with van der Waals surface area (Å²) in [5, 5.41) is 3.00. The highest BCUT2D eigenvalue weighted by molar-refractivity contribution is 6.04. The van der Waals surface area contributed by atoms with Gasteiger partial charge in [-0.3, -0.25) is 9.59 Å². The van der Waals surface area contributed by atoms with Crippen LogP contribution in [0.2, 0.25) is 0 Å². The fourth-order valence-corrected chi connectivity index (χ4v) is 3.74. The second-order valence-corrected chi connectivity index (χ2v) is 8.05. The number of nitrogens with zero attached hydrogens (tertiary/aromatic N) is 2. The number of benzene rings is 1. The van der Waals surface area contributed by atoms with E-state index >= 15 is 0 Å². The van der Waals surface area contributed by atoms with Crippen LogP contribution in [0.5, 0.6) is 0 Å². The molecule has 1 atom stereocenters. The van der Waals surface area contributed by atoms with Gasteiger partial charge in [0, 0.05) is 18.8 Å². The van der Waals surface area contributed by atoms with Gasteiger partial charge in [-0.15, -0.1) is 0 Å². The molecule has 1 aromatic heterocycles. The zero-order valence-electron chi connectivity index (χ0n) is 17.2. The third-order valence-electron chi connectivity index (χ3n) is 5.31. The molecule has 1 unspecified atom stereocenters. The number of amides is 2. The summed E-state index contributed by atoms with van der Waals surface area (Å²) in [6.07, 6.45) is 2.16. The van der Waals surface area contributed by atoms with Crippen LogP contribution in [0.4, 0.5) is 5.69 Å². The highest BCUT2D eigenvalue weighted by atomic mass is 16.2. The number of hydrogen-bond donors (Lipinski definition) is 1. The van der Waals surface area contributed by atoms with Crippen molar-refractivity contribution in [1.82, 2.24) is 9.88 Å². The molecule has 2 aromatic rings. The Morgan fingerprint density at radius 3 is 2.57 bits per heavy atom. The number of piperidine rings is 1. The Morgan fingerprint density at radius 2 is 1.86 bits per heavy atom. The van der Waals surface area contributed by atoms with Crippen molar-refractivity contribution < 1.29 is 9.59 Å². The molecule has 3 rings (SSSR count). The van der Waals surface area contributed by atoms with E-state index in [9.17, 15) is 9.59 Å². The molecule has 0 saturated carbocycles. The number of nitrogens with one attached hydrogen (secondary N) is 1. The second kappa shape index (κ2) is 8.55. The van der Waals surface area contributed by atoms with E-state index in [1.807, 2.05) is 30.0 Å². The highest BCUT2D eigenvalue weighted by Crippen LogP contribution is 2.27. The van der Waals surface area contributed by atoms with Gasteiger partial charge in [-0.1, -0.05) is 45.0 Å². The number of aryl methyl sites for hydroxylation is 1. The Labute approximate surface area is 167 Å². The van der Waals surface area contributed by atoms with Crippen LogP contribution in [0.25, 0.3) is 0 Å². The van der Waals surface area contributed by atoms with Crippen molar-refractivity contribution in [3.05, 3.63) is 58.9 Å². The Balaban J connectivity index is 1.81. The summed E-state index contributed by atoms with van der Waals surface area (Å²) in [6.45, 7) is 9.83. The third kappa shape index (κ3) is 4.41. The molecule has 1 aliphatic rings. The minimum Gasteiger partial charge on any atom is -0.337 e. The number of carbonyl (C=O) groups excluding carboxylic acids is 2. The molecule has 5 heteroatoms. The van der Waals surface area contributed by atoms with Crippen molar-refractivity contribution >= 4 is 17.5 Å². The normalized spacial score (nSPS) is 16.9. The van der Waals surface area contributed by atoms with Gasteiger partial charge in [0.25, 0.3) is 11.8 Å². The third-order valence-corrected chi connectivity index (χ3v) is 5.31. The Kier molecular flexibility index (Phi) is 6.12. The quantitative estimate of drug-likeness (QED) is 0.842. The number of likely N-dealkylation sites (tertiary alicyclic amines) is 1. The average molecular weight is 380 g/mol. The molecule has 2 heterocycles. The predicted octanol–water partition coefficient (Wildman–Crippen LogP) is 4.64. The van der Waals surface area contributed by atoms with Gasteiger partial charge in [-0.05, 0) is 54.9 Å². The van der Waals surface area contributed by atoms with Crippen LogP contribution in [-0.2, 0) is 0 Å². The van der Waals surface area contributed by atoms with E-state index in [1.54, 1.807) is 18.2 Å². The SMILES string of the molecule is Cc1cccc(C(C)C)c1NC(=O)c1cccc(C(=O)N2CCCC(C)C2)n1. The topological polar surface area (TPSA) is 62.3 Å². The Bertz CT molecular complexity index is 876. The number of rotatable bonds is 4. The first kappa shape index (κ1) is 20.1. The zero-order chi connectivity index (χ0) is 20.3. The summed E-state index contributed by atoms with van der Waals surface area (Å²) in [5.41, 5.74) is 3.51. The maximum absolute atomic E-state index is 12.8. The Morgan fingerprint density at radius 1 is 1.14 bits per heavy atom. The molecular weight excluding hydrogens is 350 g/mol. The fraction of sp³-hybridized carbons (Fsp3) is 0.435. The molecule has 2 amide bonds. The fourth-order valence-electron chi connectivity index (χ4n) is 3.74. The van der Waals surface area contributed by atoms with Gasteiger partial charge in [-0.25, -0.2) is 4.98 Å². The molecule has 1 saturated heterocycles. The lowest BCUT2D eigenvalue weighted by molar-refractivity contribution is 0.0677. The van der Waals surface area contributed by atoms with E-state index in [0.717, 1.165) is 42.7 Å². The molecule has 148 valence electrons. The highest BCUT2D eigenvalue weighted by Gasteiger charge is 2.24. The van der Waals surface area contributed by atoms with Gasteiger partial charge in [-0.2, -0.15) is 0 Å². The summed E-state index contributed by atoms with van der Waals surface area (Å²) in [4.78, 5) is 31.9. The Hall–Kier alpha value is -2.69. The van der Waals surface area contributed by atoms with Crippen molar-refractivity contribution in [3.8, 4) is 0 Å². The molecule has 1 aliphatic heterocycles. The number of anilines is 1. The van der Waals surface area contributed by atoms with Crippen molar-refractivity contribution in [2.24, 2.45) is 5.92 Å². The van der Waals surface area contributed by atoms with Crippen LogP contribution in [0.15, 0.2) is 36.4 Å². The summed E-state index contributed by atoms with van der Waals surface area (Å²) < 4.78 is 0. The maximum atomic E-state index is 12.8. The van der Waals surface area contributed by atoms with E-state index in [1.165, 1.54) is 0 Å². The van der Waals surface area contributed by atoms with Gasteiger partial charge in [0.15, 0.2) is 0 Å². The first-order chi connectivity index (χ1) is 13.4. The monoisotopic (exact) mass is 379 g/mol. The van der Waals surface area contributed by atoms with Gasteiger partial charge < -0.3 is 10.2 Å². The molecule has 1 fully saturated rings. The largest absolute Gasteiger partial charge is 0.337 e. The van der Waals surface area contributed by atoms with Gasteiger partial charge in [0.2, 0.25) is 0 Å². The van der Waals surface area contributed by atoms with Gasteiger partial charge >= 0.3 is 0 Å². The predicted molar refractivity (Wildman–Crippen MR) is 112 cm³/mol. The summed E-state index contributed by atoms with van der Waals surface area (Å²) in [6, 6.07) is 11.1. The lowest BCUT2D eigenvalue weighted by atomic mass is 9.98. The summed E-state index contributed by atoms with van der Waals surface area (Å²) >= 11 is 0. The van der Waals surface area contributed by atoms with Crippen molar-refractivity contribution in [2.45, 2.75) is 46.5 Å². The second-order valence-electron chi connectivity index (χ2n) is 8.05. The maximum Gasteiger partial charge on any atom is 0.274 e. The molecule has 0 spiro atoms. The zero-order valence-corrected chi connectivity index (χ0v) is 17.2. The number of pyridine rings is 1. The molecule has 1 aromatic carbocycles. The van der Waals surface area contributed by atoms with E-state index < -0.39 is 0 Å². The van der Waals surface area contributed by atoms with E-state index in [4.69, 9.17) is 0 Å². The molecule has 0 radical (unpaired) electrons. The molecular formula is C23H29N3O2. The van der Waals surface area contributed by atoms with Crippen LogP contribution in [0, 0.1) is 12.8 Å². The lowest BCUT2D eigenvalue weighted by Crippen LogP contribution is -2.39. The minimum absolute atomic E-state index is 0.0973. The van der Waals surface area contributed by atoms with Crippen LogP contribution < -0.4 is 5.32 Å². The smallest absolute Gasteiger partial charge is 0.274 e. The van der Waals surface area contributed by atoms with Crippen molar-refractivity contribution in [2.75, 3.05) is 18.4 Å². The molecule has 0 bridgehead atoms. The van der Waals surface area contributed by atoms with E-state index in [2.05, 4.69) is 31.1 Å². The van der Waals surface area contributed by atoms with E-state index in [-0.39, 0.29) is 23.4 Å². The van der Waals surface area contributed by atoms with Crippen LogP contribution in [0.3, 0.4) is 0 Å².